The van der Waals surface area contributed by atoms with Crippen LogP contribution in [0.1, 0.15) is 40.1 Å². The molecule has 0 aliphatic carbocycles. The smallest absolute Gasteiger partial charge is 0.256 e. The molecule has 3 aromatic rings. The molecule has 0 atom stereocenters. The van der Waals surface area contributed by atoms with E-state index in [-0.39, 0.29) is 16.9 Å². The Kier molecular flexibility index (Phi) is 6.80. The zero-order chi connectivity index (χ0) is 21.5. The maximum Gasteiger partial charge on any atom is 0.256 e. The van der Waals surface area contributed by atoms with Gasteiger partial charge >= 0.3 is 0 Å². The quantitative estimate of drug-likeness (QED) is 0.527. The molecule has 0 bridgehead atoms. The Labute approximate surface area is 174 Å². The minimum absolute atomic E-state index is 0.221. The Morgan fingerprint density at radius 3 is 2.13 bits per heavy atom. The highest BCUT2D eigenvalue weighted by atomic mass is 19.1. The van der Waals surface area contributed by atoms with Crippen molar-refractivity contribution in [2.45, 2.75) is 13.8 Å². The average molecular weight is 407 g/mol. The molecular weight excluding hydrogens is 385 g/mol. The third-order valence-electron chi connectivity index (χ3n) is 4.32. The molecule has 5 nitrogen and oxygen atoms in total. The van der Waals surface area contributed by atoms with E-state index < -0.39 is 11.7 Å². The van der Waals surface area contributed by atoms with E-state index in [9.17, 15) is 14.0 Å². The van der Waals surface area contributed by atoms with Crippen molar-refractivity contribution >= 4 is 17.4 Å². The first-order valence-corrected chi connectivity index (χ1v) is 9.63. The lowest BCUT2D eigenvalue weighted by Gasteiger charge is -2.14. The van der Waals surface area contributed by atoms with Gasteiger partial charge in [0, 0.05) is 22.9 Å². The van der Waals surface area contributed by atoms with Crippen molar-refractivity contribution in [1.29, 1.82) is 0 Å². The van der Waals surface area contributed by atoms with E-state index in [1.165, 1.54) is 24.3 Å². The second-order valence-corrected chi connectivity index (χ2v) is 6.36. The van der Waals surface area contributed by atoms with Crippen LogP contribution in [-0.2, 0) is 0 Å². The predicted octanol–water partition coefficient (Wildman–Crippen LogP) is 5.11. The number of nitrogens with one attached hydrogen (secondary N) is 1. The van der Waals surface area contributed by atoms with Crippen molar-refractivity contribution in [1.82, 2.24) is 0 Å². The van der Waals surface area contributed by atoms with E-state index >= 15 is 0 Å². The van der Waals surface area contributed by atoms with Crippen LogP contribution in [0.5, 0.6) is 11.5 Å². The van der Waals surface area contributed by atoms with Crippen LogP contribution in [0.2, 0.25) is 0 Å². The number of anilines is 1. The number of hydrogen-bond donors (Lipinski definition) is 1. The Bertz CT molecular complexity index is 1050. The molecule has 0 heterocycles. The molecule has 0 aliphatic rings. The molecule has 0 unspecified atom stereocenters. The van der Waals surface area contributed by atoms with Crippen molar-refractivity contribution in [3.63, 3.8) is 0 Å². The SMILES string of the molecule is CCOc1ccc(NC(=O)c2ccccc2C(=O)c2ccc(F)cc2)cc1OCC. The Balaban J connectivity index is 1.87. The highest BCUT2D eigenvalue weighted by Crippen LogP contribution is 2.31. The zero-order valence-electron chi connectivity index (χ0n) is 16.8. The molecule has 0 fully saturated rings. The minimum Gasteiger partial charge on any atom is -0.490 e. The molecule has 0 saturated carbocycles. The lowest BCUT2D eigenvalue weighted by atomic mass is 9.98. The van der Waals surface area contributed by atoms with Gasteiger partial charge in [-0.05, 0) is 56.3 Å². The van der Waals surface area contributed by atoms with Gasteiger partial charge in [-0.1, -0.05) is 18.2 Å². The van der Waals surface area contributed by atoms with Crippen molar-refractivity contribution in [2.75, 3.05) is 18.5 Å². The van der Waals surface area contributed by atoms with Crippen LogP contribution in [-0.4, -0.2) is 24.9 Å². The van der Waals surface area contributed by atoms with E-state index in [0.717, 1.165) is 0 Å². The van der Waals surface area contributed by atoms with Crippen LogP contribution in [0.15, 0.2) is 66.7 Å². The Morgan fingerprint density at radius 1 is 0.833 bits per heavy atom. The van der Waals surface area contributed by atoms with E-state index in [4.69, 9.17) is 9.47 Å². The number of ketones is 1. The number of carbonyl (C=O) groups is 2. The van der Waals surface area contributed by atoms with Gasteiger partial charge in [-0.3, -0.25) is 9.59 Å². The Hall–Kier alpha value is -3.67. The fraction of sp³-hybridized carbons (Fsp3) is 0.167. The predicted molar refractivity (Wildman–Crippen MR) is 113 cm³/mol. The number of halogens is 1. The number of rotatable bonds is 8. The maximum atomic E-state index is 13.2. The van der Waals surface area contributed by atoms with Crippen molar-refractivity contribution in [2.24, 2.45) is 0 Å². The third-order valence-corrected chi connectivity index (χ3v) is 4.32. The van der Waals surface area contributed by atoms with Gasteiger partial charge in [0.1, 0.15) is 5.82 Å². The summed E-state index contributed by atoms with van der Waals surface area (Å²) in [6, 6.07) is 16.8. The second kappa shape index (κ2) is 9.69. The molecule has 0 spiro atoms. The van der Waals surface area contributed by atoms with Gasteiger partial charge in [-0.2, -0.15) is 0 Å². The summed E-state index contributed by atoms with van der Waals surface area (Å²) in [7, 11) is 0. The summed E-state index contributed by atoms with van der Waals surface area (Å²) in [4.78, 5) is 25.8. The fourth-order valence-electron chi connectivity index (χ4n) is 2.96. The van der Waals surface area contributed by atoms with Crippen LogP contribution < -0.4 is 14.8 Å². The van der Waals surface area contributed by atoms with Gasteiger partial charge in [0.05, 0.1) is 18.8 Å². The zero-order valence-corrected chi connectivity index (χ0v) is 16.8. The number of hydrogen-bond acceptors (Lipinski definition) is 4. The summed E-state index contributed by atoms with van der Waals surface area (Å²) < 4.78 is 24.3. The summed E-state index contributed by atoms with van der Waals surface area (Å²) in [5.41, 5.74) is 1.27. The molecule has 154 valence electrons. The topological polar surface area (TPSA) is 64.6 Å². The van der Waals surface area contributed by atoms with Crippen LogP contribution in [0.4, 0.5) is 10.1 Å². The number of carbonyl (C=O) groups excluding carboxylic acids is 2. The first-order chi connectivity index (χ1) is 14.5. The number of amides is 1. The Morgan fingerprint density at radius 2 is 1.47 bits per heavy atom. The van der Waals surface area contributed by atoms with Gasteiger partial charge in [0.15, 0.2) is 17.3 Å². The first-order valence-electron chi connectivity index (χ1n) is 9.63. The van der Waals surface area contributed by atoms with E-state index in [1.54, 1.807) is 42.5 Å². The maximum absolute atomic E-state index is 13.2. The minimum atomic E-state index is -0.437. The second-order valence-electron chi connectivity index (χ2n) is 6.36. The van der Waals surface area contributed by atoms with E-state index in [0.29, 0.717) is 36.0 Å². The lowest BCUT2D eigenvalue weighted by molar-refractivity contribution is 0.0996. The molecule has 30 heavy (non-hydrogen) atoms. The summed E-state index contributed by atoms with van der Waals surface area (Å²) in [5, 5.41) is 2.80. The standard InChI is InChI=1S/C24H22FNO4/c1-3-29-21-14-13-18(15-22(21)30-4-2)26-24(28)20-8-6-5-7-19(20)23(27)16-9-11-17(25)12-10-16/h5-15H,3-4H2,1-2H3,(H,26,28). The largest absolute Gasteiger partial charge is 0.490 e. The lowest BCUT2D eigenvalue weighted by Crippen LogP contribution is -2.17. The fourth-order valence-corrected chi connectivity index (χ4v) is 2.96. The van der Waals surface area contributed by atoms with Gasteiger partial charge in [0.25, 0.3) is 5.91 Å². The molecule has 3 aromatic carbocycles. The third kappa shape index (κ3) is 4.84. The van der Waals surface area contributed by atoms with E-state index in [2.05, 4.69) is 5.32 Å². The van der Waals surface area contributed by atoms with Gasteiger partial charge in [-0.15, -0.1) is 0 Å². The van der Waals surface area contributed by atoms with Crippen LogP contribution in [0.3, 0.4) is 0 Å². The van der Waals surface area contributed by atoms with Gasteiger partial charge in [-0.25, -0.2) is 4.39 Å². The van der Waals surface area contributed by atoms with Crippen LogP contribution in [0.25, 0.3) is 0 Å². The van der Waals surface area contributed by atoms with Crippen molar-refractivity contribution < 1.29 is 23.5 Å². The molecule has 0 aromatic heterocycles. The molecule has 6 heteroatoms. The molecular formula is C24H22FNO4. The first kappa shape index (κ1) is 21.0. The normalized spacial score (nSPS) is 10.4. The molecule has 1 N–H and O–H groups in total. The molecule has 0 radical (unpaired) electrons. The van der Waals surface area contributed by atoms with Crippen molar-refractivity contribution in [3.8, 4) is 11.5 Å². The summed E-state index contributed by atoms with van der Waals surface area (Å²) in [6.45, 7) is 4.68. The monoisotopic (exact) mass is 407 g/mol. The highest BCUT2D eigenvalue weighted by Gasteiger charge is 2.19. The summed E-state index contributed by atoms with van der Waals surface area (Å²) in [6.07, 6.45) is 0. The molecule has 3 rings (SSSR count). The molecule has 1 amide bonds. The van der Waals surface area contributed by atoms with E-state index in [1.807, 2.05) is 13.8 Å². The highest BCUT2D eigenvalue weighted by molar-refractivity contribution is 6.17. The number of benzene rings is 3. The van der Waals surface area contributed by atoms with Crippen LogP contribution in [0, 0.1) is 5.82 Å². The van der Waals surface area contributed by atoms with Crippen LogP contribution >= 0.6 is 0 Å². The summed E-state index contributed by atoms with van der Waals surface area (Å²) in [5.74, 6) is -0.120. The van der Waals surface area contributed by atoms with Gasteiger partial charge in [0.2, 0.25) is 0 Å². The van der Waals surface area contributed by atoms with Crippen molar-refractivity contribution in [3.05, 3.63) is 89.2 Å². The van der Waals surface area contributed by atoms with Gasteiger partial charge < -0.3 is 14.8 Å². The molecule has 0 saturated heterocycles. The molecule has 0 aliphatic heterocycles. The average Bonchev–Trinajstić information content (AvgIpc) is 2.76. The summed E-state index contributed by atoms with van der Waals surface area (Å²) >= 11 is 0. The number of ether oxygens (including phenoxy) is 2.